The van der Waals surface area contributed by atoms with Crippen LogP contribution in [-0.2, 0) is 4.79 Å². The number of nitrogens with zero attached hydrogens (tertiary/aromatic N) is 1. The normalized spacial score (nSPS) is 16.4. The zero-order chi connectivity index (χ0) is 17.9. The van der Waals surface area contributed by atoms with Crippen LogP contribution in [0.15, 0.2) is 17.0 Å². The van der Waals surface area contributed by atoms with Crippen molar-refractivity contribution in [2.75, 3.05) is 13.2 Å². The van der Waals surface area contributed by atoms with Crippen LogP contribution in [0.3, 0.4) is 0 Å². The van der Waals surface area contributed by atoms with Gasteiger partial charge >= 0.3 is 0 Å². The van der Waals surface area contributed by atoms with Crippen molar-refractivity contribution in [2.45, 2.75) is 33.8 Å². The van der Waals surface area contributed by atoms with E-state index in [1.807, 2.05) is 20.8 Å². The molecule has 0 radical (unpaired) electrons. The first kappa shape index (κ1) is 18.7. The number of benzene rings is 1. The number of rotatable bonds is 6. The molecule has 5 nitrogen and oxygen atoms in total. The molecule has 1 aliphatic heterocycles. The summed E-state index contributed by atoms with van der Waals surface area (Å²) in [6.07, 6.45) is 1.60. The topological polar surface area (TPSA) is 55.8 Å². The summed E-state index contributed by atoms with van der Waals surface area (Å²) in [7, 11) is 0. The fourth-order valence-corrected chi connectivity index (χ4v) is 3.37. The Morgan fingerprint density at radius 1 is 1.29 bits per heavy atom. The van der Waals surface area contributed by atoms with Gasteiger partial charge in [0.25, 0.3) is 11.1 Å². The van der Waals surface area contributed by atoms with Crippen molar-refractivity contribution in [3.8, 4) is 11.5 Å². The zero-order valence-electron chi connectivity index (χ0n) is 14.1. The highest BCUT2D eigenvalue weighted by Gasteiger charge is 2.33. The molecular weight excluding hydrogens is 350 g/mol. The average molecular weight is 370 g/mol. The van der Waals surface area contributed by atoms with Crippen molar-refractivity contribution in [3.05, 3.63) is 27.6 Å². The molecule has 0 N–H and O–H groups in total. The van der Waals surface area contributed by atoms with E-state index < -0.39 is 0 Å². The van der Waals surface area contributed by atoms with Crippen molar-refractivity contribution < 1.29 is 19.1 Å². The number of imide groups is 1. The number of likely N-dealkylation sites (N-methyl/N-ethyl adjacent to an activating group) is 1. The molecule has 1 heterocycles. The van der Waals surface area contributed by atoms with Gasteiger partial charge in [0.2, 0.25) is 0 Å². The SMILES string of the molecule is CCOc1cc(/C=C2/SC(=O)N(CC)C2=O)cc(Cl)c1OC(C)C. The highest BCUT2D eigenvalue weighted by molar-refractivity contribution is 8.18. The van der Waals surface area contributed by atoms with Crippen LogP contribution in [0.5, 0.6) is 11.5 Å². The Bertz CT molecular complexity index is 687. The quantitative estimate of drug-likeness (QED) is 0.687. The maximum Gasteiger partial charge on any atom is 0.293 e. The minimum atomic E-state index is -0.288. The van der Waals surface area contributed by atoms with Gasteiger partial charge in [0.1, 0.15) is 0 Å². The van der Waals surface area contributed by atoms with Gasteiger partial charge in [0.05, 0.1) is 22.6 Å². The molecule has 1 aliphatic rings. The van der Waals surface area contributed by atoms with Gasteiger partial charge in [-0.15, -0.1) is 0 Å². The number of thioether (sulfide) groups is 1. The van der Waals surface area contributed by atoms with Crippen molar-refractivity contribution in [1.82, 2.24) is 4.90 Å². The van der Waals surface area contributed by atoms with E-state index in [-0.39, 0.29) is 17.3 Å². The Morgan fingerprint density at radius 2 is 2.00 bits per heavy atom. The summed E-state index contributed by atoms with van der Waals surface area (Å²) in [5.41, 5.74) is 0.682. The van der Waals surface area contributed by atoms with E-state index in [2.05, 4.69) is 0 Å². The fraction of sp³-hybridized carbons (Fsp3) is 0.412. The van der Waals surface area contributed by atoms with Crippen molar-refractivity contribution >= 4 is 40.6 Å². The standard InChI is InChI=1S/C17H20ClNO4S/c1-5-19-16(20)14(24-17(19)21)9-11-7-12(18)15(23-10(3)4)13(8-11)22-6-2/h7-10H,5-6H2,1-4H3/b14-9+. The molecule has 2 amide bonds. The first-order valence-corrected chi connectivity index (χ1v) is 8.95. The molecule has 1 saturated heterocycles. The van der Waals surface area contributed by atoms with Crippen LogP contribution in [0.25, 0.3) is 6.08 Å². The van der Waals surface area contributed by atoms with Crippen molar-refractivity contribution in [3.63, 3.8) is 0 Å². The fourth-order valence-electron chi connectivity index (χ4n) is 2.21. The number of hydrogen-bond donors (Lipinski definition) is 0. The molecule has 1 fully saturated rings. The molecule has 130 valence electrons. The maximum atomic E-state index is 12.2. The number of carbonyl (C=O) groups is 2. The Labute approximate surface area is 150 Å². The van der Waals surface area contributed by atoms with Gasteiger partial charge < -0.3 is 9.47 Å². The molecule has 1 aromatic carbocycles. The monoisotopic (exact) mass is 369 g/mol. The second-order valence-corrected chi connectivity index (χ2v) is 6.76. The van der Waals surface area contributed by atoms with Gasteiger partial charge in [-0.05, 0) is 63.2 Å². The van der Waals surface area contributed by atoms with Crippen LogP contribution in [0.1, 0.15) is 33.3 Å². The average Bonchev–Trinajstić information content (AvgIpc) is 2.76. The minimum Gasteiger partial charge on any atom is -0.490 e. The van der Waals surface area contributed by atoms with Crippen LogP contribution in [0.2, 0.25) is 5.02 Å². The van der Waals surface area contributed by atoms with Gasteiger partial charge in [0.15, 0.2) is 11.5 Å². The smallest absolute Gasteiger partial charge is 0.293 e. The van der Waals surface area contributed by atoms with Gasteiger partial charge in [-0.1, -0.05) is 11.6 Å². The van der Waals surface area contributed by atoms with Crippen LogP contribution >= 0.6 is 23.4 Å². The molecule has 0 spiro atoms. The highest BCUT2D eigenvalue weighted by atomic mass is 35.5. The van der Waals surface area contributed by atoms with E-state index in [9.17, 15) is 9.59 Å². The molecule has 24 heavy (non-hydrogen) atoms. The summed E-state index contributed by atoms with van der Waals surface area (Å²) in [4.78, 5) is 25.6. The third kappa shape index (κ3) is 4.05. The lowest BCUT2D eigenvalue weighted by Crippen LogP contribution is -2.27. The van der Waals surface area contributed by atoms with E-state index >= 15 is 0 Å². The van der Waals surface area contributed by atoms with Crippen LogP contribution in [0, 0.1) is 0 Å². The predicted octanol–water partition coefficient (Wildman–Crippen LogP) is 4.58. The molecule has 1 aromatic rings. The minimum absolute atomic E-state index is 0.0476. The molecule has 7 heteroatoms. The number of hydrogen-bond acceptors (Lipinski definition) is 5. The van der Waals surface area contributed by atoms with Gasteiger partial charge in [0, 0.05) is 6.54 Å². The number of ether oxygens (including phenoxy) is 2. The second-order valence-electron chi connectivity index (χ2n) is 5.36. The molecule has 0 aliphatic carbocycles. The summed E-state index contributed by atoms with van der Waals surface area (Å²) in [5, 5.41) is 0.139. The lowest BCUT2D eigenvalue weighted by molar-refractivity contribution is -0.122. The lowest BCUT2D eigenvalue weighted by Gasteiger charge is -2.16. The van der Waals surface area contributed by atoms with Crippen molar-refractivity contribution in [2.24, 2.45) is 0 Å². The third-order valence-corrected chi connectivity index (χ3v) is 4.36. The summed E-state index contributed by atoms with van der Waals surface area (Å²) < 4.78 is 11.3. The first-order valence-electron chi connectivity index (χ1n) is 7.75. The van der Waals surface area contributed by atoms with E-state index in [0.717, 1.165) is 11.8 Å². The van der Waals surface area contributed by atoms with E-state index in [1.54, 1.807) is 25.1 Å². The molecule has 0 saturated carbocycles. The lowest BCUT2D eigenvalue weighted by atomic mass is 10.1. The van der Waals surface area contributed by atoms with Gasteiger partial charge in [-0.25, -0.2) is 0 Å². The van der Waals surface area contributed by atoms with E-state index in [1.165, 1.54) is 4.90 Å². The maximum absolute atomic E-state index is 12.2. The second kappa shape index (κ2) is 7.94. The molecule has 2 rings (SSSR count). The Balaban J connectivity index is 2.40. The third-order valence-electron chi connectivity index (χ3n) is 3.17. The largest absolute Gasteiger partial charge is 0.490 e. The Morgan fingerprint density at radius 3 is 2.54 bits per heavy atom. The number of amides is 2. The first-order chi connectivity index (χ1) is 11.4. The molecule has 0 aromatic heterocycles. The Kier molecular flexibility index (Phi) is 6.18. The number of halogens is 1. The van der Waals surface area contributed by atoms with Gasteiger partial charge in [-0.3, -0.25) is 14.5 Å². The zero-order valence-corrected chi connectivity index (χ0v) is 15.7. The Hall–Kier alpha value is -1.66. The molecule has 0 unspecified atom stereocenters. The van der Waals surface area contributed by atoms with Crippen LogP contribution in [-0.4, -0.2) is 35.3 Å². The van der Waals surface area contributed by atoms with Gasteiger partial charge in [-0.2, -0.15) is 0 Å². The summed E-state index contributed by atoms with van der Waals surface area (Å²) in [5.74, 6) is 0.705. The molecule has 0 atom stereocenters. The number of carbonyl (C=O) groups excluding carboxylic acids is 2. The molecule has 0 bridgehead atoms. The summed E-state index contributed by atoms with van der Waals surface area (Å²) >= 11 is 7.24. The summed E-state index contributed by atoms with van der Waals surface area (Å²) in [6.45, 7) is 8.25. The van der Waals surface area contributed by atoms with Crippen molar-refractivity contribution in [1.29, 1.82) is 0 Å². The van der Waals surface area contributed by atoms with Crippen LogP contribution < -0.4 is 9.47 Å². The molecular formula is C17H20ClNO4S. The predicted molar refractivity (Wildman–Crippen MR) is 96.7 cm³/mol. The summed E-state index contributed by atoms with van der Waals surface area (Å²) in [6, 6.07) is 3.45. The van der Waals surface area contributed by atoms with Crippen LogP contribution in [0.4, 0.5) is 4.79 Å². The highest BCUT2D eigenvalue weighted by Crippen LogP contribution is 2.39. The van der Waals surface area contributed by atoms with E-state index in [4.69, 9.17) is 21.1 Å². The van der Waals surface area contributed by atoms with E-state index in [0.29, 0.717) is 40.1 Å².